The van der Waals surface area contributed by atoms with Gasteiger partial charge in [-0.1, -0.05) is 18.2 Å². The van der Waals surface area contributed by atoms with Gasteiger partial charge in [-0.25, -0.2) is 4.79 Å². The Morgan fingerprint density at radius 3 is 2.65 bits per heavy atom. The molecule has 92 valence electrons. The van der Waals surface area contributed by atoms with Crippen LogP contribution in [0.3, 0.4) is 0 Å². The Bertz CT molecular complexity index is 379. The molecule has 0 aromatic heterocycles. The lowest BCUT2D eigenvalue weighted by atomic mass is 10.2. The van der Waals surface area contributed by atoms with Gasteiger partial charge in [0.1, 0.15) is 6.10 Å². The molecule has 0 heterocycles. The first-order chi connectivity index (χ1) is 8.13. The summed E-state index contributed by atoms with van der Waals surface area (Å²) in [5.41, 5.74) is 0.531. The second kappa shape index (κ2) is 6.52. The zero-order chi connectivity index (χ0) is 12.7. The van der Waals surface area contributed by atoms with Crippen LogP contribution in [0.15, 0.2) is 30.3 Å². The molecule has 0 amide bonds. The summed E-state index contributed by atoms with van der Waals surface area (Å²) in [6, 6.07) is 8.83. The number of hydrogen-bond acceptors (Lipinski definition) is 3. The van der Waals surface area contributed by atoms with Gasteiger partial charge in [-0.15, -0.1) is 0 Å². The molecule has 1 unspecified atom stereocenters. The molecule has 0 spiro atoms. The first kappa shape index (κ1) is 13.0. The summed E-state index contributed by atoms with van der Waals surface area (Å²) >= 11 is 0. The quantitative estimate of drug-likeness (QED) is 0.413. The van der Waals surface area contributed by atoms with Crippen LogP contribution in [0.4, 0.5) is 0 Å². The van der Waals surface area contributed by atoms with Gasteiger partial charge in [-0.05, 0) is 19.1 Å². The predicted octanol–water partition coefficient (Wildman–Crippen LogP) is 0.976. The number of carbonyl (C=O) groups is 1. The molecule has 3 N–H and O–H groups in total. The molecule has 5 nitrogen and oxygen atoms in total. The van der Waals surface area contributed by atoms with Crippen molar-refractivity contribution in [3.63, 3.8) is 0 Å². The standard InChI is InChI=1S/C12H17N3O2/c1-9(8-15-12(13)14-2)17-11(16)10-6-4-3-5-7-10/h3-7,9H,8H2,1-2H3,(H3,13,14,15). The minimum Gasteiger partial charge on any atom is -0.457 e. The van der Waals surface area contributed by atoms with Gasteiger partial charge in [0.05, 0.1) is 12.1 Å². The zero-order valence-electron chi connectivity index (χ0n) is 9.99. The first-order valence-electron chi connectivity index (χ1n) is 5.39. The topological polar surface area (TPSA) is 74.2 Å². The van der Waals surface area contributed by atoms with Gasteiger partial charge in [-0.2, -0.15) is 0 Å². The second-order valence-electron chi connectivity index (χ2n) is 3.59. The third-order valence-corrected chi connectivity index (χ3v) is 2.13. The van der Waals surface area contributed by atoms with E-state index in [1.54, 1.807) is 38.2 Å². The molecule has 5 heteroatoms. The van der Waals surface area contributed by atoms with Gasteiger partial charge < -0.3 is 15.4 Å². The van der Waals surface area contributed by atoms with Crippen LogP contribution < -0.4 is 10.6 Å². The molecule has 0 aliphatic heterocycles. The number of carbonyl (C=O) groups excluding carboxylic acids is 1. The molecule has 0 aliphatic rings. The Kier molecular flexibility index (Phi) is 5.00. The van der Waals surface area contributed by atoms with Crippen LogP contribution in [0.2, 0.25) is 0 Å². The summed E-state index contributed by atoms with van der Waals surface area (Å²) in [6.07, 6.45) is -0.295. The minimum absolute atomic E-state index is 0.201. The van der Waals surface area contributed by atoms with Crippen molar-refractivity contribution in [2.45, 2.75) is 13.0 Å². The molecule has 1 rings (SSSR count). The summed E-state index contributed by atoms with van der Waals surface area (Å²) in [6.45, 7) is 2.18. The van der Waals surface area contributed by atoms with Crippen molar-refractivity contribution in [2.24, 2.45) is 0 Å². The van der Waals surface area contributed by atoms with Crippen LogP contribution in [-0.2, 0) is 4.74 Å². The third kappa shape index (κ3) is 4.55. The largest absolute Gasteiger partial charge is 0.457 e. The summed E-state index contributed by atoms with van der Waals surface area (Å²) in [5, 5.41) is 12.7. The highest BCUT2D eigenvalue weighted by Crippen LogP contribution is 2.03. The zero-order valence-corrected chi connectivity index (χ0v) is 9.99. The predicted molar refractivity (Wildman–Crippen MR) is 66.1 cm³/mol. The summed E-state index contributed by atoms with van der Waals surface area (Å²) in [4.78, 5) is 11.7. The van der Waals surface area contributed by atoms with Crippen molar-refractivity contribution in [1.82, 2.24) is 10.6 Å². The minimum atomic E-state index is -0.351. The normalized spacial score (nSPS) is 11.4. The highest BCUT2D eigenvalue weighted by molar-refractivity contribution is 5.89. The number of hydrogen-bond donors (Lipinski definition) is 3. The van der Waals surface area contributed by atoms with Gasteiger partial charge in [0, 0.05) is 7.05 Å². The number of benzene rings is 1. The van der Waals surface area contributed by atoms with E-state index in [1.807, 2.05) is 6.07 Å². The third-order valence-electron chi connectivity index (χ3n) is 2.13. The van der Waals surface area contributed by atoms with Gasteiger partial charge in [0.2, 0.25) is 0 Å². The molecular weight excluding hydrogens is 218 g/mol. The van der Waals surface area contributed by atoms with E-state index in [-0.39, 0.29) is 18.0 Å². The smallest absolute Gasteiger partial charge is 0.338 e. The maximum Gasteiger partial charge on any atom is 0.338 e. The van der Waals surface area contributed by atoms with E-state index < -0.39 is 0 Å². The van der Waals surface area contributed by atoms with Crippen LogP contribution in [0.1, 0.15) is 17.3 Å². The van der Waals surface area contributed by atoms with E-state index in [4.69, 9.17) is 10.1 Å². The number of nitrogens with one attached hydrogen (secondary N) is 3. The molecule has 1 aromatic carbocycles. The van der Waals surface area contributed by atoms with Crippen molar-refractivity contribution in [3.8, 4) is 0 Å². The number of ether oxygens (including phenoxy) is 1. The highest BCUT2D eigenvalue weighted by Gasteiger charge is 2.11. The van der Waals surface area contributed by atoms with Gasteiger partial charge in [-0.3, -0.25) is 5.41 Å². The number of rotatable bonds is 4. The molecule has 0 bridgehead atoms. The van der Waals surface area contributed by atoms with Crippen molar-refractivity contribution >= 4 is 11.9 Å². The fourth-order valence-electron chi connectivity index (χ4n) is 1.20. The molecule has 17 heavy (non-hydrogen) atoms. The fraction of sp³-hybridized carbons (Fsp3) is 0.333. The van der Waals surface area contributed by atoms with E-state index in [2.05, 4.69) is 10.6 Å². The lowest BCUT2D eigenvalue weighted by Gasteiger charge is -2.14. The Hall–Kier alpha value is -2.04. The summed E-state index contributed by atoms with van der Waals surface area (Å²) in [5.74, 6) is -0.150. The maximum absolute atomic E-state index is 11.7. The lowest BCUT2D eigenvalue weighted by Crippen LogP contribution is -2.39. The van der Waals surface area contributed by atoms with Crippen molar-refractivity contribution in [2.75, 3.05) is 13.6 Å². The summed E-state index contributed by atoms with van der Waals surface area (Å²) in [7, 11) is 1.65. The molecule has 0 saturated carbocycles. The van der Waals surface area contributed by atoms with E-state index in [0.29, 0.717) is 12.1 Å². The van der Waals surface area contributed by atoms with E-state index >= 15 is 0 Å². The molecule has 1 aromatic rings. The summed E-state index contributed by atoms with van der Waals surface area (Å²) < 4.78 is 5.21. The van der Waals surface area contributed by atoms with Gasteiger partial charge in [0.25, 0.3) is 0 Å². The van der Waals surface area contributed by atoms with Gasteiger partial charge >= 0.3 is 5.97 Å². The Morgan fingerprint density at radius 1 is 1.41 bits per heavy atom. The van der Waals surface area contributed by atoms with Crippen LogP contribution in [0.25, 0.3) is 0 Å². The van der Waals surface area contributed by atoms with E-state index in [9.17, 15) is 4.79 Å². The van der Waals surface area contributed by atoms with Crippen LogP contribution in [-0.4, -0.2) is 31.6 Å². The number of esters is 1. The molecule has 0 fully saturated rings. The lowest BCUT2D eigenvalue weighted by molar-refractivity contribution is 0.0350. The monoisotopic (exact) mass is 235 g/mol. The van der Waals surface area contributed by atoms with Crippen molar-refractivity contribution in [3.05, 3.63) is 35.9 Å². The first-order valence-corrected chi connectivity index (χ1v) is 5.39. The van der Waals surface area contributed by atoms with E-state index in [0.717, 1.165) is 0 Å². The molecule has 0 saturated heterocycles. The second-order valence-corrected chi connectivity index (χ2v) is 3.59. The average molecular weight is 235 g/mol. The molecule has 1 atom stereocenters. The van der Waals surface area contributed by atoms with Gasteiger partial charge in [0.15, 0.2) is 5.96 Å². The van der Waals surface area contributed by atoms with Crippen molar-refractivity contribution in [1.29, 1.82) is 5.41 Å². The van der Waals surface area contributed by atoms with Crippen LogP contribution in [0.5, 0.6) is 0 Å². The SMILES string of the molecule is CNC(=N)NCC(C)OC(=O)c1ccccc1. The Labute approximate surface area is 101 Å². The number of guanidine groups is 1. The molecule has 0 radical (unpaired) electrons. The fourth-order valence-corrected chi connectivity index (χ4v) is 1.20. The maximum atomic E-state index is 11.7. The molecular formula is C12H17N3O2. The Balaban J connectivity index is 2.39. The molecule has 0 aliphatic carbocycles. The highest BCUT2D eigenvalue weighted by atomic mass is 16.5. The Morgan fingerprint density at radius 2 is 2.06 bits per heavy atom. The van der Waals surface area contributed by atoms with Crippen LogP contribution >= 0.6 is 0 Å². The van der Waals surface area contributed by atoms with Crippen molar-refractivity contribution < 1.29 is 9.53 Å². The van der Waals surface area contributed by atoms with Crippen LogP contribution in [0, 0.1) is 5.41 Å². The van der Waals surface area contributed by atoms with E-state index in [1.165, 1.54) is 0 Å². The average Bonchev–Trinajstić information content (AvgIpc) is 2.36.